The normalized spacial score (nSPS) is 11.0. The number of fused-ring (bicyclic) bond motifs is 1. The highest BCUT2D eigenvalue weighted by Crippen LogP contribution is 2.33. The Bertz CT molecular complexity index is 821. The van der Waals surface area contributed by atoms with Gasteiger partial charge in [-0.15, -0.1) is 11.8 Å². The Morgan fingerprint density at radius 2 is 1.84 bits per heavy atom. The Labute approximate surface area is 153 Å². The number of hydrogen-bond donors (Lipinski definition) is 0. The van der Waals surface area contributed by atoms with E-state index in [0.29, 0.717) is 19.8 Å². The number of pyridine rings is 1. The van der Waals surface area contributed by atoms with Crippen molar-refractivity contribution in [1.29, 1.82) is 0 Å². The van der Waals surface area contributed by atoms with Gasteiger partial charge in [0.1, 0.15) is 12.4 Å². The third-order valence-corrected chi connectivity index (χ3v) is 4.92. The number of benzene rings is 2. The van der Waals surface area contributed by atoms with Crippen molar-refractivity contribution < 1.29 is 9.47 Å². The number of aromatic nitrogens is 1. The molecule has 1 heterocycles. The van der Waals surface area contributed by atoms with E-state index in [1.54, 1.807) is 0 Å². The molecule has 3 nitrogen and oxygen atoms in total. The summed E-state index contributed by atoms with van der Waals surface area (Å²) in [7, 11) is 0. The van der Waals surface area contributed by atoms with E-state index in [1.807, 2.05) is 55.2 Å². The van der Waals surface area contributed by atoms with Gasteiger partial charge in [0.25, 0.3) is 0 Å². The molecule has 0 N–H and O–H groups in total. The van der Waals surface area contributed by atoms with Gasteiger partial charge in [0.15, 0.2) is 0 Å². The molecule has 3 aromatic rings. The summed E-state index contributed by atoms with van der Waals surface area (Å²) in [6.45, 7) is 6.04. The zero-order valence-corrected chi connectivity index (χ0v) is 15.5. The highest BCUT2D eigenvalue weighted by atomic mass is 32.2. The van der Waals surface area contributed by atoms with E-state index in [1.165, 1.54) is 4.90 Å². The second kappa shape index (κ2) is 8.88. The molecule has 1 aromatic heterocycles. The predicted octanol–water partition coefficient (Wildman–Crippen LogP) is 5.46. The van der Waals surface area contributed by atoms with Crippen LogP contribution in [0, 0.1) is 0 Å². The average molecular weight is 353 g/mol. The first-order chi connectivity index (χ1) is 12.3. The van der Waals surface area contributed by atoms with E-state index >= 15 is 0 Å². The van der Waals surface area contributed by atoms with Gasteiger partial charge in [-0.2, -0.15) is 0 Å². The first kappa shape index (κ1) is 17.8. The van der Waals surface area contributed by atoms with E-state index in [2.05, 4.69) is 30.1 Å². The molecule has 0 radical (unpaired) electrons. The van der Waals surface area contributed by atoms with Crippen LogP contribution in [0.5, 0.6) is 5.75 Å². The Morgan fingerprint density at radius 1 is 1.00 bits per heavy atom. The lowest BCUT2D eigenvalue weighted by molar-refractivity contribution is 0.132. The summed E-state index contributed by atoms with van der Waals surface area (Å²) in [5, 5.41) is 1.13. The lowest BCUT2D eigenvalue weighted by atomic mass is 10.1. The molecule has 0 spiro atoms. The predicted molar refractivity (Wildman–Crippen MR) is 104 cm³/mol. The molecule has 0 unspecified atom stereocenters. The van der Waals surface area contributed by atoms with Crippen LogP contribution in [0.4, 0.5) is 0 Å². The maximum Gasteiger partial charge on any atom is 0.120 e. The van der Waals surface area contributed by atoms with Crippen LogP contribution in [-0.2, 0) is 18.0 Å². The Balaban J connectivity index is 1.89. The topological polar surface area (TPSA) is 31.4 Å². The van der Waals surface area contributed by atoms with Gasteiger partial charge in [0.2, 0.25) is 0 Å². The summed E-state index contributed by atoms with van der Waals surface area (Å²) in [6, 6.07) is 16.3. The quantitative estimate of drug-likeness (QED) is 0.503. The van der Waals surface area contributed by atoms with Gasteiger partial charge >= 0.3 is 0 Å². The maximum atomic E-state index is 5.99. The van der Waals surface area contributed by atoms with E-state index in [4.69, 9.17) is 9.47 Å². The second-order valence-electron chi connectivity index (χ2n) is 5.64. The molecular formula is C21H23NO2S. The molecule has 0 saturated carbocycles. The summed E-state index contributed by atoms with van der Waals surface area (Å²) < 4.78 is 11.6. The molecule has 0 aliphatic rings. The third-order valence-electron chi connectivity index (χ3n) is 3.86. The Kier molecular flexibility index (Phi) is 6.31. The molecule has 0 aliphatic heterocycles. The summed E-state index contributed by atoms with van der Waals surface area (Å²) in [6.07, 6.45) is 1.93. The zero-order valence-electron chi connectivity index (χ0n) is 14.7. The minimum Gasteiger partial charge on any atom is -0.489 e. The second-order valence-corrected chi connectivity index (χ2v) is 6.91. The maximum absolute atomic E-state index is 5.99. The first-order valence-corrected chi connectivity index (χ1v) is 9.59. The Morgan fingerprint density at radius 3 is 2.60 bits per heavy atom. The molecule has 25 heavy (non-hydrogen) atoms. The third kappa shape index (κ3) is 4.53. The van der Waals surface area contributed by atoms with Crippen molar-refractivity contribution in [2.45, 2.75) is 32.0 Å². The fourth-order valence-electron chi connectivity index (χ4n) is 2.65. The van der Waals surface area contributed by atoms with Crippen LogP contribution in [0.1, 0.15) is 25.0 Å². The van der Waals surface area contributed by atoms with Crippen molar-refractivity contribution in [1.82, 2.24) is 4.98 Å². The molecular weight excluding hydrogens is 330 g/mol. The van der Waals surface area contributed by atoms with Gasteiger partial charge in [-0.3, -0.25) is 4.98 Å². The molecule has 3 rings (SSSR count). The zero-order chi connectivity index (χ0) is 17.5. The van der Waals surface area contributed by atoms with Crippen molar-refractivity contribution in [3.05, 3.63) is 65.9 Å². The standard InChI is InChI=1S/C21H23NO2S/c1-3-23-15-17-13-22-20-11-10-18(12-19(20)21(17)25-4-2)24-14-16-8-6-5-7-9-16/h5-13H,3-4,14-15H2,1-2H3. The van der Waals surface area contributed by atoms with Crippen molar-refractivity contribution in [2.24, 2.45) is 0 Å². The van der Waals surface area contributed by atoms with Crippen LogP contribution in [0.2, 0.25) is 0 Å². The molecule has 0 aliphatic carbocycles. The highest BCUT2D eigenvalue weighted by molar-refractivity contribution is 7.99. The van der Waals surface area contributed by atoms with Gasteiger partial charge in [-0.1, -0.05) is 37.3 Å². The first-order valence-electron chi connectivity index (χ1n) is 8.60. The van der Waals surface area contributed by atoms with E-state index < -0.39 is 0 Å². The number of hydrogen-bond acceptors (Lipinski definition) is 4. The van der Waals surface area contributed by atoms with E-state index in [9.17, 15) is 0 Å². The van der Waals surface area contributed by atoms with Crippen molar-refractivity contribution >= 4 is 22.7 Å². The van der Waals surface area contributed by atoms with Crippen LogP contribution < -0.4 is 4.74 Å². The lowest BCUT2D eigenvalue weighted by Crippen LogP contribution is -1.98. The van der Waals surface area contributed by atoms with Crippen LogP contribution in [-0.4, -0.2) is 17.3 Å². The van der Waals surface area contributed by atoms with Crippen LogP contribution in [0.15, 0.2) is 59.6 Å². The summed E-state index contributed by atoms with van der Waals surface area (Å²) >= 11 is 1.83. The fourth-order valence-corrected chi connectivity index (χ4v) is 3.55. The summed E-state index contributed by atoms with van der Waals surface area (Å²) in [5.74, 6) is 1.87. The largest absolute Gasteiger partial charge is 0.489 e. The van der Waals surface area contributed by atoms with Gasteiger partial charge in [0.05, 0.1) is 12.1 Å². The highest BCUT2D eigenvalue weighted by Gasteiger charge is 2.10. The molecule has 0 bridgehead atoms. The number of nitrogens with zero attached hydrogens (tertiary/aromatic N) is 1. The summed E-state index contributed by atoms with van der Waals surface area (Å²) in [5.41, 5.74) is 3.29. The monoisotopic (exact) mass is 353 g/mol. The van der Waals surface area contributed by atoms with Crippen LogP contribution in [0.3, 0.4) is 0 Å². The minimum absolute atomic E-state index is 0.564. The van der Waals surface area contributed by atoms with E-state index in [0.717, 1.165) is 33.5 Å². The fraction of sp³-hybridized carbons (Fsp3) is 0.286. The SMILES string of the molecule is CCOCc1cnc2ccc(OCc3ccccc3)cc2c1SCC. The van der Waals surface area contributed by atoms with Gasteiger partial charge in [-0.05, 0) is 36.4 Å². The van der Waals surface area contributed by atoms with Gasteiger partial charge in [-0.25, -0.2) is 0 Å². The lowest BCUT2D eigenvalue weighted by Gasteiger charge is -2.13. The van der Waals surface area contributed by atoms with E-state index in [-0.39, 0.29) is 0 Å². The number of ether oxygens (including phenoxy) is 2. The van der Waals surface area contributed by atoms with Crippen LogP contribution in [0.25, 0.3) is 10.9 Å². The van der Waals surface area contributed by atoms with Gasteiger partial charge < -0.3 is 9.47 Å². The van der Waals surface area contributed by atoms with Gasteiger partial charge in [0, 0.05) is 28.6 Å². The average Bonchev–Trinajstić information content (AvgIpc) is 2.66. The number of rotatable bonds is 8. The molecule has 0 fully saturated rings. The molecule has 2 aromatic carbocycles. The van der Waals surface area contributed by atoms with Crippen molar-refractivity contribution in [2.75, 3.05) is 12.4 Å². The minimum atomic E-state index is 0.564. The Hall–Kier alpha value is -2.04. The molecule has 0 amide bonds. The van der Waals surface area contributed by atoms with Crippen LogP contribution >= 0.6 is 11.8 Å². The smallest absolute Gasteiger partial charge is 0.120 e. The van der Waals surface area contributed by atoms with Crippen molar-refractivity contribution in [3.63, 3.8) is 0 Å². The molecule has 0 saturated heterocycles. The molecule has 4 heteroatoms. The number of thioether (sulfide) groups is 1. The summed E-state index contributed by atoms with van der Waals surface area (Å²) in [4.78, 5) is 5.83. The molecule has 130 valence electrons. The molecule has 0 atom stereocenters. The van der Waals surface area contributed by atoms with Crippen molar-refractivity contribution in [3.8, 4) is 5.75 Å².